The van der Waals surface area contributed by atoms with E-state index in [2.05, 4.69) is 49.9 Å². The maximum absolute atomic E-state index is 5.42. The fourth-order valence-electron chi connectivity index (χ4n) is 2.75. The minimum Gasteiger partial charge on any atom is -0.302 e. The molecule has 1 aliphatic heterocycles. The largest absolute Gasteiger partial charge is 0.302 e. The van der Waals surface area contributed by atoms with Crippen molar-refractivity contribution in [3.05, 3.63) is 6.20 Å². The highest BCUT2D eigenvalue weighted by atomic mass is 15.6. The fraction of sp³-hybridized carbons (Fsp3) is 0.583. The van der Waals surface area contributed by atoms with Gasteiger partial charge < -0.3 is 5.43 Å². The van der Waals surface area contributed by atoms with Gasteiger partial charge in [0.15, 0.2) is 11.5 Å². The molecule has 0 aliphatic carbocycles. The van der Waals surface area contributed by atoms with Crippen LogP contribution in [0.2, 0.25) is 0 Å². The summed E-state index contributed by atoms with van der Waals surface area (Å²) < 4.78 is 0. The molecule has 0 spiro atoms. The second kappa shape index (κ2) is 5.22. The molecule has 1 saturated heterocycles. The van der Waals surface area contributed by atoms with Crippen LogP contribution in [0.15, 0.2) is 6.20 Å². The number of hydrogen-bond acceptors (Lipinski definition) is 7. The molecule has 108 valence electrons. The second-order valence-electron chi connectivity index (χ2n) is 5.32. The lowest BCUT2D eigenvalue weighted by atomic mass is 10.00. The van der Waals surface area contributed by atoms with E-state index in [0.29, 0.717) is 23.7 Å². The van der Waals surface area contributed by atoms with Crippen molar-refractivity contribution in [2.45, 2.75) is 45.2 Å². The molecule has 20 heavy (non-hydrogen) atoms. The van der Waals surface area contributed by atoms with Crippen LogP contribution in [-0.4, -0.2) is 37.3 Å². The molecule has 1 aliphatic rings. The van der Waals surface area contributed by atoms with E-state index in [1.165, 1.54) is 19.3 Å². The molecule has 8 nitrogen and oxygen atoms in total. The lowest BCUT2D eigenvalue weighted by molar-refractivity contribution is 0.135. The monoisotopic (exact) mass is 276 g/mol. The summed E-state index contributed by atoms with van der Waals surface area (Å²) >= 11 is 0. The summed E-state index contributed by atoms with van der Waals surface area (Å²) in [6.07, 6.45) is 5.34. The molecular formula is C12H20N8. The predicted octanol–water partition coefficient (Wildman–Crippen LogP) is 1.23. The summed E-state index contributed by atoms with van der Waals surface area (Å²) in [7, 11) is 0. The highest BCUT2D eigenvalue weighted by Gasteiger charge is 2.25. The van der Waals surface area contributed by atoms with E-state index < -0.39 is 0 Å². The Labute approximate surface area is 117 Å². The van der Waals surface area contributed by atoms with Gasteiger partial charge in [0, 0.05) is 12.1 Å². The molecule has 3 rings (SSSR count). The summed E-state index contributed by atoms with van der Waals surface area (Å²) in [6.45, 7) is 4.44. The molecule has 0 saturated carbocycles. The Morgan fingerprint density at radius 3 is 2.75 bits per heavy atom. The third kappa shape index (κ3) is 2.27. The molecule has 5 N–H and O–H groups in total. The summed E-state index contributed by atoms with van der Waals surface area (Å²) in [6, 6.07) is 0.926. The fourth-order valence-corrected chi connectivity index (χ4v) is 2.75. The first kappa shape index (κ1) is 13.1. The summed E-state index contributed by atoms with van der Waals surface area (Å²) in [5.74, 6) is 6.50. The molecule has 2 unspecified atom stereocenters. The SMILES string of the molecule is CC1CCCC(C)N1Nc1nc(NN)nc2[nH]ncc12. The molecule has 0 amide bonds. The van der Waals surface area contributed by atoms with Crippen molar-refractivity contribution >= 4 is 22.8 Å². The van der Waals surface area contributed by atoms with Crippen LogP contribution < -0.4 is 16.7 Å². The van der Waals surface area contributed by atoms with Crippen molar-refractivity contribution in [3.8, 4) is 0 Å². The molecule has 3 heterocycles. The van der Waals surface area contributed by atoms with Gasteiger partial charge in [-0.05, 0) is 26.7 Å². The van der Waals surface area contributed by atoms with Gasteiger partial charge in [-0.25, -0.2) is 10.9 Å². The average molecular weight is 276 g/mol. The lowest BCUT2D eigenvalue weighted by Gasteiger charge is -2.39. The standard InChI is InChI=1S/C12H20N8/c1-7-4-3-5-8(2)20(7)19-11-9-6-14-18-10(9)15-12(16-11)17-13/h6-8H,3-5,13H2,1-2H3,(H3,14,15,16,17,18,19). The third-order valence-electron chi connectivity index (χ3n) is 3.87. The van der Waals surface area contributed by atoms with E-state index in [4.69, 9.17) is 5.84 Å². The number of hydrogen-bond donors (Lipinski definition) is 4. The Kier molecular flexibility index (Phi) is 3.41. The average Bonchev–Trinajstić information content (AvgIpc) is 2.91. The Hall–Kier alpha value is -1.93. The number of hydrazine groups is 2. The zero-order valence-corrected chi connectivity index (χ0v) is 11.7. The van der Waals surface area contributed by atoms with Crippen LogP contribution in [0.1, 0.15) is 33.1 Å². The number of H-pyrrole nitrogens is 1. The van der Waals surface area contributed by atoms with Gasteiger partial charge in [-0.15, -0.1) is 0 Å². The maximum Gasteiger partial charge on any atom is 0.241 e. The first-order chi connectivity index (χ1) is 9.69. The number of nitrogens with two attached hydrogens (primary N) is 1. The zero-order chi connectivity index (χ0) is 14.1. The van der Waals surface area contributed by atoms with E-state index in [1.54, 1.807) is 6.20 Å². The summed E-state index contributed by atoms with van der Waals surface area (Å²) in [5, 5.41) is 9.96. The number of piperidine rings is 1. The van der Waals surface area contributed by atoms with Gasteiger partial charge in [0.2, 0.25) is 5.95 Å². The first-order valence-electron chi connectivity index (χ1n) is 6.91. The Balaban J connectivity index is 1.94. The molecule has 2 aromatic heterocycles. The molecule has 0 bridgehead atoms. The topological polar surface area (TPSA) is 108 Å². The summed E-state index contributed by atoms with van der Waals surface area (Å²) in [5.41, 5.74) is 6.55. The van der Waals surface area contributed by atoms with Crippen LogP contribution in [0.4, 0.5) is 11.8 Å². The van der Waals surface area contributed by atoms with Crippen molar-refractivity contribution in [1.82, 2.24) is 25.2 Å². The Bertz CT molecular complexity index is 584. The van der Waals surface area contributed by atoms with Crippen molar-refractivity contribution in [1.29, 1.82) is 0 Å². The van der Waals surface area contributed by atoms with Gasteiger partial charge in [0.1, 0.15) is 0 Å². The normalized spacial score (nSPS) is 23.9. The molecule has 8 heteroatoms. The number of aromatic amines is 1. The van der Waals surface area contributed by atoms with Gasteiger partial charge in [-0.2, -0.15) is 15.1 Å². The van der Waals surface area contributed by atoms with Gasteiger partial charge in [0.05, 0.1) is 11.6 Å². The highest BCUT2D eigenvalue weighted by molar-refractivity contribution is 5.86. The highest BCUT2D eigenvalue weighted by Crippen LogP contribution is 2.26. The number of nitrogen functional groups attached to an aromatic ring is 1. The second-order valence-corrected chi connectivity index (χ2v) is 5.32. The molecule has 0 radical (unpaired) electrons. The predicted molar refractivity (Wildman–Crippen MR) is 77.7 cm³/mol. The van der Waals surface area contributed by atoms with Crippen LogP contribution in [0.3, 0.4) is 0 Å². The molecular weight excluding hydrogens is 256 g/mol. The zero-order valence-electron chi connectivity index (χ0n) is 11.7. The smallest absolute Gasteiger partial charge is 0.241 e. The van der Waals surface area contributed by atoms with E-state index in [0.717, 1.165) is 11.2 Å². The van der Waals surface area contributed by atoms with Crippen LogP contribution >= 0.6 is 0 Å². The van der Waals surface area contributed by atoms with E-state index in [1.807, 2.05) is 0 Å². The van der Waals surface area contributed by atoms with Crippen molar-refractivity contribution in [3.63, 3.8) is 0 Å². The lowest BCUT2D eigenvalue weighted by Crippen LogP contribution is -2.47. The van der Waals surface area contributed by atoms with Gasteiger partial charge in [0.25, 0.3) is 0 Å². The van der Waals surface area contributed by atoms with E-state index in [9.17, 15) is 0 Å². The van der Waals surface area contributed by atoms with Crippen LogP contribution in [-0.2, 0) is 0 Å². The number of rotatable bonds is 3. The number of anilines is 2. The third-order valence-corrected chi connectivity index (χ3v) is 3.87. The molecule has 2 atom stereocenters. The van der Waals surface area contributed by atoms with Gasteiger partial charge >= 0.3 is 0 Å². The van der Waals surface area contributed by atoms with Crippen LogP contribution in [0, 0.1) is 0 Å². The van der Waals surface area contributed by atoms with Crippen molar-refractivity contribution in [2.24, 2.45) is 5.84 Å². The maximum atomic E-state index is 5.42. The quantitative estimate of drug-likeness (QED) is 0.493. The van der Waals surface area contributed by atoms with Crippen molar-refractivity contribution < 1.29 is 0 Å². The van der Waals surface area contributed by atoms with Crippen LogP contribution in [0.25, 0.3) is 11.0 Å². The number of fused-ring (bicyclic) bond motifs is 1. The van der Waals surface area contributed by atoms with Crippen LogP contribution in [0.5, 0.6) is 0 Å². The minimum atomic E-state index is 0.363. The minimum absolute atomic E-state index is 0.363. The number of nitrogens with zero attached hydrogens (tertiary/aromatic N) is 4. The van der Waals surface area contributed by atoms with Gasteiger partial charge in [-0.3, -0.25) is 10.5 Å². The molecule has 0 aromatic carbocycles. The molecule has 2 aromatic rings. The van der Waals surface area contributed by atoms with E-state index in [-0.39, 0.29) is 0 Å². The number of nitrogens with one attached hydrogen (secondary N) is 3. The summed E-state index contributed by atoms with van der Waals surface area (Å²) in [4.78, 5) is 8.62. The van der Waals surface area contributed by atoms with Crippen molar-refractivity contribution in [2.75, 3.05) is 10.9 Å². The Morgan fingerprint density at radius 2 is 2.05 bits per heavy atom. The Morgan fingerprint density at radius 1 is 1.30 bits per heavy atom. The molecule has 1 fully saturated rings. The first-order valence-corrected chi connectivity index (χ1v) is 6.91. The number of aromatic nitrogens is 4. The van der Waals surface area contributed by atoms with E-state index >= 15 is 0 Å². The van der Waals surface area contributed by atoms with Gasteiger partial charge in [-0.1, -0.05) is 6.42 Å².